The second-order valence-electron chi connectivity index (χ2n) is 2.94. The van der Waals surface area contributed by atoms with Gasteiger partial charge in [-0.15, -0.1) is 0 Å². The van der Waals surface area contributed by atoms with E-state index in [4.69, 9.17) is 5.26 Å². The lowest BCUT2D eigenvalue weighted by Gasteiger charge is -2.06. The summed E-state index contributed by atoms with van der Waals surface area (Å²) < 4.78 is 0. The van der Waals surface area contributed by atoms with Crippen LogP contribution in [0.1, 0.15) is 13.8 Å². The normalized spacial score (nSPS) is 9.08. The number of hydrogen-bond acceptors (Lipinski definition) is 3. The Labute approximate surface area is 77.1 Å². The van der Waals surface area contributed by atoms with Gasteiger partial charge in [0.15, 0.2) is 0 Å². The molecule has 0 aliphatic heterocycles. The number of nitriles is 1. The fourth-order valence-corrected chi connectivity index (χ4v) is 0.577. The molecule has 72 valence electrons. The third-order valence-corrected chi connectivity index (χ3v) is 1.21. The minimum absolute atomic E-state index is 0.145. The van der Waals surface area contributed by atoms with E-state index in [9.17, 15) is 9.59 Å². The van der Waals surface area contributed by atoms with Crippen molar-refractivity contribution in [2.24, 2.45) is 5.92 Å². The molecule has 5 heteroatoms. The van der Waals surface area contributed by atoms with Crippen molar-refractivity contribution < 1.29 is 9.59 Å². The standard InChI is InChI=1S/C8H13N3O2/c1-6(2)5-11-8(13)7(12)10-4-3-9/h6H,4-5H2,1-2H3,(H,10,12)(H,11,13). The highest BCUT2D eigenvalue weighted by molar-refractivity contribution is 6.35. The summed E-state index contributed by atoms with van der Waals surface area (Å²) in [5.41, 5.74) is 0. The van der Waals surface area contributed by atoms with Crippen molar-refractivity contribution in [3.05, 3.63) is 0 Å². The van der Waals surface area contributed by atoms with Crippen LogP contribution in [0.2, 0.25) is 0 Å². The van der Waals surface area contributed by atoms with Crippen LogP contribution < -0.4 is 10.6 Å². The molecule has 0 saturated carbocycles. The molecule has 0 radical (unpaired) electrons. The number of carbonyl (C=O) groups is 2. The van der Waals surface area contributed by atoms with Crippen molar-refractivity contribution in [1.29, 1.82) is 5.26 Å². The minimum Gasteiger partial charge on any atom is -0.348 e. The van der Waals surface area contributed by atoms with Gasteiger partial charge in [-0.3, -0.25) is 9.59 Å². The Bertz CT molecular complexity index is 230. The van der Waals surface area contributed by atoms with Crippen molar-refractivity contribution >= 4 is 11.8 Å². The third kappa shape index (κ3) is 5.67. The summed E-state index contributed by atoms with van der Waals surface area (Å²) in [6, 6.07) is 1.71. The van der Waals surface area contributed by atoms with Crippen LogP contribution in [0.25, 0.3) is 0 Å². The number of nitrogens with zero attached hydrogens (tertiary/aromatic N) is 1. The van der Waals surface area contributed by atoms with E-state index >= 15 is 0 Å². The van der Waals surface area contributed by atoms with Gasteiger partial charge in [-0.05, 0) is 5.92 Å². The van der Waals surface area contributed by atoms with E-state index < -0.39 is 11.8 Å². The topological polar surface area (TPSA) is 82.0 Å². The molecule has 0 aliphatic rings. The molecular weight excluding hydrogens is 170 g/mol. The Morgan fingerprint density at radius 1 is 1.31 bits per heavy atom. The van der Waals surface area contributed by atoms with Gasteiger partial charge >= 0.3 is 11.8 Å². The quantitative estimate of drug-likeness (QED) is 0.452. The van der Waals surface area contributed by atoms with Crippen LogP contribution in [-0.2, 0) is 9.59 Å². The molecule has 0 aromatic heterocycles. The molecule has 0 atom stereocenters. The van der Waals surface area contributed by atoms with Crippen LogP contribution in [0.4, 0.5) is 0 Å². The monoisotopic (exact) mass is 183 g/mol. The predicted octanol–water partition coefficient (Wildman–Crippen LogP) is -0.602. The lowest BCUT2D eigenvalue weighted by molar-refractivity contribution is -0.139. The number of nitrogens with one attached hydrogen (secondary N) is 2. The molecule has 0 aromatic carbocycles. The molecule has 0 spiro atoms. The summed E-state index contributed by atoms with van der Waals surface area (Å²) in [5, 5.41) is 12.7. The zero-order chi connectivity index (χ0) is 10.3. The summed E-state index contributed by atoms with van der Waals surface area (Å²) in [5.74, 6) is -1.15. The maximum Gasteiger partial charge on any atom is 0.310 e. The summed E-state index contributed by atoms with van der Waals surface area (Å²) in [6.45, 7) is 4.16. The van der Waals surface area contributed by atoms with Gasteiger partial charge in [-0.2, -0.15) is 5.26 Å². The minimum atomic E-state index is -0.762. The molecule has 0 aromatic rings. The Hall–Kier alpha value is -1.57. The van der Waals surface area contributed by atoms with Crippen molar-refractivity contribution in [1.82, 2.24) is 10.6 Å². The first-order valence-corrected chi connectivity index (χ1v) is 4.01. The summed E-state index contributed by atoms with van der Waals surface area (Å²) >= 11 is 0. The zero-order valence-electron chi connectivity index (χ0n) is 7.76. The second kappa shape index (κ2) is 6.00. The van der Waals surface area contributed by atoms with Crippen LogP contribution in [0.5, 0.6) is 0 Å². The van der Waals surface area contributed by atoms with Gasteiger partial charge in [0, 0.05) is 6.54 Å². The van der Waals surface area contributed by atoms with Crippen molar-refractivity contribution in [2.45, 2.75) is 13.8 Å². The fourth-order valence-electron chi connectivity index (χ4n) is 0.577. The van der Waals surface area contributed by atoms with Crippen molar-refractivity contribution in [3.8, 4) is 6.07 Å². The van der Waals surface area contributed by atoms with Crippen molar-refractivity contribution in [3.63, 3.8) is 0 Å². The third-order valence-electron chi connectivity index (χ3n) is 1.21. The highest BCUT2D eigenvalue weighted by Gasteiger charge is 2.11. The molecule has 0 fully saturated rings. The zero-order valence-corrected chi connectivity index (χ0v) is 7.76. The van der Waals surface area contributed by atoms with Gasteiger partial charge in [0.2, 0.25) is 0 Å². The largest absolute Gasteiger partial charge is 0.348 e. The lowest BCUT2D eigenvalue weighted by Crippen LogP contribution is -2.41. The Balaban J connectivity index is 3.71. The number of rotatable bonds is 3. The summed E-state index contributed by atoms with van der Waals surface area (Å²) in [6.07, 6.45) is 0. The van der Waals surface area contributed by atoms with Gasteiger partial charge < -0.3 is 10.6 Å². The lowest BCUT2D eigenvalue weighted by atomic mass is 10.2. The van der Waals surface area contributed by atoms with E-state index in [-0.39, 0.29) is 6.54 Å². The SMILES string of the molecule is CC(C)CNC(=O)C(=O)NCC#N. The van der Waals surface area contributed by atoms with Crippen LogP contribution in [0, 0.1) is 17.2 Å². The summed E-state index contributed by atoms with van der Waals surface area (Å²) in [7, 11) is 0. The highest BCUT2D eigenvalue weighted by Crippen LogP contribution is 1.86. The summed E-state index contributed by atoms with van der Waals surface area (Å²) in [4.78, 5) is 21.8. The van der Waals surface area contributed by atoms with Gasteiger partial charge in [0.25, 0.3) is 0 Å². The molecule has 2 amide bonds. The predicted molar refractivity (Wildman–Crippen MR) is 46.5 cm³/mol. The maximum atomic E-state index is 10.9. The van der Waals surface area contributed by atoms with Crippen LogP contribution >= 0.6 is 0 Å². The van der Waals surface area contributed by atoms with Crippen LogP contribution in [-0.4, -0.2) is 24.9 Å². The number of hydrogen-bond donors (Lipinski definition) is 2. The fraction of sp³-hybridized carbons (Fsp3) is 0.625. The van der Waals surface area contributed by atoms with E-state index in [1.165, 1.54) is 0 Å². The average molecular weight is 183 g/mol. The molecule has 0 heterocycles. The molecular formula is C8H13N3O2. The molecule has 0 aliphatic carbocycles. The van der Waals surface area contributed by atoms with Crippen molar-refractivity contribution in [2.75, 3.05) is 13.1 Å². The Morgan fingerprint density at radius 3 is 2.31 bits per heavy atom. The maximum absolute atomic E-state index is 10.9. The molecule has 13 heavy (non-hydrogen) atoms. The van der Waals surface area contributed by atoms with Gasteiger partial charge in [-0.25, -0.2) is 0 Å². The first kappa shape index (κ1) is 11.4. The second-order valence-corrected chi connectivity index (χ2v) is 2.94. The number of carbonyl (C=O) groups excluding carboxylic acids is 2. The van der Waals surface area contributed by atoms with Gasteiger partial charge in [-0.1, -0.05) is 13.8 Å². The van der Waals surface area contributed by atoms with E-state index in [0.29, 0.717) is 12.5 Å². The molecule has 0 unspecified atom stereocenters. The first-order valence-electron chi connectivity index (χ1n) is 4.01. The molecule has 2 N–H and O–H groups in total. The smallest absolute Gasteiger partial charge is 0.310 e. The molecule has 5 nitrogen and oxygen atoms in total. The number of amides is 2. The average Bonchev–Trinajstić information content (AvgIpc) is 2.10. The molecule has 0 saturated heterocycles. The van der Waals surface area contributed by atoms with E-state index in [1.807, 2.05) is 13.8 Å². The Kier molecular flexibility index (Phi) is 5.28. The van der Waals surface area contributed by atoms with E-state index in [2.05, 4.69) is 10.6 Å². The van der Waals surface area contributed by atoms with Gasteiger partial charge in [0.1, 0.15) is 6.54 Å². The van der Waals surface area contributed by atoms with Gasteiger partial charge in [0.05, 0.1) is 6.07 Å². The van der Waals surface area contributed by atoms with E-state index in [1.54, 1.807) is 6.07 Å². The van der Waals surface area contributed by atoms with Crippen LogP contribution in [0.15, 0.2) is 0 Å². The van der Waals surface area contributed by atoms with Crippen LogP contribution in [0.3, 0.4) is 0 Å². The Morgan fingerprint density at radius 2 is 1.85 bits per heavy atom. The molecule has 0 rings (SSSR count). The van der Waals surface area contributed by atoms with E-state index in [0.717, 1.165) is 0 Å². The molecule has 0 bridgehead atoms. The first-order chi connectivity index (χ1) is 6.07. The highest BCUT2D eigenvalue weighted by atomic mass is 16.2.